The van der Waals surface area contributed by atoms with Crippen LogP contribution in [0, 0.1) is 5.92 Å². The van der Waals surface area contributed by atoms with Crippen molar-refractivity contribution in [1.82, 2.24) is 0 Å². The Balaban J connectivity index is 3.61. The molecule has 0 radical (unpaired) electrons. The van der Waals surface area contributed by atoms with Crippen molar-refractivity contribution in [2.45, 2.75) is 77.2 Å². The lowest BCUT2D eigenvalue weighted by atomic mass is 9.79. The molecule has 2 atom stereocenters. The maximum absolute atomic E-state index is 14.1. The molecule has 0 nitrogen and oxygen atoms in total. The zero-order chi connectivity index (χ0) is 26.0. The van der Waals surface area contributed by atoms with Gasteiger partial charge in [0, 0.05) is 9.84 Å². The molecule has 1 aliphatic carbocycles. The van der Waals surface area contributed by atoms with Crippen LogP contribution in [0.25, 0.3) is 0 Å². The van der Waals surface area contributed by atoms with E-state index < -0.39 is 63.9 Å². The van der Waals surface area contributed by atoms with Crippen LogP contribution in [0.5, 0.6) is 0 Å². The minimum absolute atomic E-state index is 0.0924. The lowest BCUT2D eigenvalue weighted by Crippen LogP contribution is -2.75. The second-order valence-electron chi connectivity index (χ2n) is 6.97. The van der Waals surface area contributed by atoms with Crippen LogP contribution in [0.15, 0.2) is 0 Å². The molecule has 1 aliphatic rings. The zero-order valence-corrected chi connectivity index (χ0v) is 16.9. The van der Waals surface area contributed by atoms with Gasteiger partial charge in [-0.25, -0.2) is 0 Å². The van der Waals surface area contributed by atoms with Crippen LogP contribution in [0.1, 0.15) is 25.7 Å². The minimum Gasteiger partial charge on any atom is -0.199 e. The molecule has 0 aromatic carbocycles. The molecule has 18 heteroatoms. The first-order valence-electron chi connectivity index (χ1n) is 8.12. The molecule has 32 heavy (non-hydrogen) atoms. The Morgan fingerprint density at radius 3 is 1.09 bits per heavy atom. The van der Waals surface area contributed by atoms with E-state index in [9.17, 15) is 74.6 Å². The number of rotatable bonds is 7. The van der Waals surface area contributed by atoms with Gasteiger partial charge in [-0.3, -0.25) is 0 Å². The summed E-state index contributed by atoms with van der Waals surface area (Å²) in [4.78, 5) is 0. The maximum Gasteiger partial charge on any atom is 0.460 e. The first-order valence-corrected chi connectivity index (χ1v) is 9.37. The molecule has 1 saturated carbocycles. The van der Waals surface area contributed by atoms with E-state index in [1.807, 2.05) is 0 Å². The predicted molar refractivity (Wildman–Crippen MR) is 80.5 cm³/mol. The fourth-order valence-electron chi connectivity index (χ4n) is 2.90. The molecule has 0 aliphatic heterocycles. The molecule has 0 aromatic heterocycles. The van der Waals surface area contributed by atoms with E-state index in [0.717, 1.165) is 22.6 Å². The second-order valence-corrected chi connectivity index (χ2v) is 8.57. The average Bonchev–Trinajstić information content (AvgIpc) is 2.59. The van der Waals surface area contributed by atoms with Crippen molar-refractivity contribution in [2.24, 2.45) is 5.92 Å². The fourth-order valence-corrected chi connectivity index (χ4v) is 4.15. The lowest BCUT2D eigenvalue weighted by molar-refractivity contribution is -0.463. The highest BCUT2D eigenvalue weighted by atomic mass is 127. The molecule has 0 aromatic rings. The van der Waals surface area contributed by atoms with Gasteiger partial charge >= 0.3 is 47.6 Å². The zero-order valence-electron chi connectivity index (χ0n) is 14.8. The van der Waals surface area contributed by atoms with Gasteiger partial charge in [-0.05, 0) is 12.8 Å². The summed E-state index contributed by atoms with van der Waals surface area (Å²) in [5.74, 6) is -58.6. The molecule has 0 heterocycles. The van der Waals surface area contributed by atoms with E-state index in [1.165, 1.54) is 0 Å². The van der Waals surface area contributed by atoms with Gasteiger partial charge in [0.05, 0.1) is 0 Å². The Morgan fingerprint density at radius 2 is 0.750 bits per heavy atom. The molecular weight excluding hydrogens is 618 g/mol. The molecule has 2 unspecified atom stereocenters. The summed E-state index contributed by atoms with van der Waals surface area (Å²) in [7, 11) is 0. The molecule has 0 bridgehead atoms. The lowest BCUT2D eigenvalue weighted by Gasteiger charge is -2.45. The largest absolute Gasteiger partial charge is 0.460 e. The van der Waals surface area contributed by atoms with E-state index >= 15 is 0 Å². The minimum atomic E-state index is -8.57. The van der Waals surface area contributed by atoms with Crippen LogP contribution < -0.4 is 0 Å². The topological polar surface area (TPSA) is 0 Å². The number of hydrogen-bond acceptors (Lipinski definition) is 0. The Bertz CT molecular complexity index is 679. The van der Waals surface area contributed by atoms with Crippen molar-refractivity contribution >= 4 is 22.6 Å². The first-order chi connectivity index (χ1) is 13.8. The summed E-state index contributed by atoms with van der Waals surface area (Å²) >= 11 is 1.04. The van der Waals surface area contributed by atoms with E-state index in [1.54, 1.807) is 0 Å². The van der Waals surface area contributed by atoms with Gasteiger partial charge in [-0.15, -0.1) is 0 Å². The van der Waals surface area contributed by atoms with Crippen LogP contribution in [-0.4, -0.2) is 51.6 Å². The summed E-state index contributed by atoms with van der Waals surface area (Å²) < 4.78 is 224. The van der Waals surface area contributed by atoms with Gasteiger partial charge in [0.1, 0.15) is 0 Å². The van der Waals surface area contributed by atoms with Gasteiger partial charge < -0.3 is 0 Å². The molecule has 192 valence electrons. The monoisotopic (exact) mass is 628 g/mol. The summed E-state index contributed by atoms with van der Waals surface area (Å²) in [6.07, 6.45) is -9.34. The van der Waals surface area contributed by atoms with Crippen molar-refractivity contribution in [3.63, 3.8) is 0 Å². The summed E-state index contributed by atoms with van der Waals surface area (Å²) in [6.45, 7) is 0. The molecule has 0 amide bonds. The van der Waals surface area contributed by atoms with E-state index in [2.05, 4.69) is 0 Å². The SMILES string of the molecule is FC(F)(F)C(F)(F)C(F)(F)C(F)(F)C(F)(F)C(F)(F)C(F)(F)C(F)(F)C1CCCCC1I. The highest BCUT2D eigenvalue weighted by Crippen LogP contribution is 2.65. The maximum atomic E-state index is 14.1. The van der Waals surface area contributed by atoms with E-state index in [-0.39, 0.29) is 19.3 Å². The highest BCUT2D eigenvalue weighted by Gasteiger charge is 2.95. The molecule has 0 spiro atoms. The fraction of sp³-hybridized carbons (Fsp3) is 1.00. The van der Waals surface area contributed by atoms with Crippen LogP contribution in [0.3, 0.4) is 0 Å². The molecule has 1 rings (SSSR count). The van der Waals surface area contributed by atoms with Gasteiger partial charge in [0.15, 0.2) is 0 Å². The molecule has 0 N–H and O–H groups in total. The summed E-state index contributed by atoms with van der Waals surface area (Å²) in [5, 5.41) is 0. The van der Waals surface area contributed by atoms with Crippen LogP contribution >= 0.6 is 22.6 Å². The Hall–Kier alpha value is -0.460. The Labute approximate surface area is 181 Å². The smallest absolute Gasteiger partial charge is 0.199 e. The summed E-state index contributed by atoms with van der Waals surface area (Å²) in [6, 6.07) is 0. The van der Waals surface area contributed by atoms with Gasteiger partial charge in [0.2, 0.25) is 0 Å². The normalized spacial score (nSPS) is 23.4. The van der Waals surface area contributed by atoms with Crippen LogP contribution in [-0.2, 0) is 0 Å². The highest BCUT2D eigenvalue weighted by molar-refractivity contribution is 14.1. The third kappa shape index (κ3) is 3.80. The second kappa shape index (κ2) is 8.05. The van der Waals surface area contributed by atoms with Gasteiger partial charge in [-0.2, -0.15) is 74.6 Å². The standard InChI is InChI=1S/C14H10F17I/c15-7(16,5-3-1-2-4-6(5)32)8(17,18)9(19,20)10(21,22)11(23,24)12(25,26)13(27,28)14(29,30)31/h5-6H,1-4H2. The summed E-state index contributed by atoms with van der Waals surface area (Å²) in [5.41, 5.74) is 0. The van der Waals surface area contributed by atoms with Crippen molar-refractivity contribution < 1.29 is 74.6 Å². The third-order valence-electron chi connectivity index (χ3n) is 4.89. The number of alkyl halides is 18. The van der Waals surface area contributed by atoms with E-state index in [4.69, 9.17) is 0 Å². The Kier molecular flexibility index (Phi) is 7.44. The molecular formula is C14H10F17I. The Morgan fingerprint density at radius 1 is 0.438 bits per heavy atom. The molecule has 1 fully saturated rings. The van der Waals surface area contributed by atoms with Crippen molar-refractivity contribution in [3.8, 4) is 0 Å². The third-order valence-corrected chi connectivity index (χ3v) is 6.38. The first kappa shape index (κ1) is 29.6. The van der Waals surface area contributed by atoms with Crippen molar-refractivity contribution in [3.05, 3.63) is 0 Å². The molecule has 0 saturated heterocycles. The van der Waals surface area contributed by atoms with Crippen LogP contribution in [0.4, 0.5) is 74.6 Å². The average molecular weight is 628 g/mol. The van der Waals surface area contributed by atoms with Crippen molar-refractivity contribution in [1.29, 1.82) is 0 Å². The van der Waals surface area contributed by atoms with Gasteiger partial charge in [0.25, 0.3) is 0 Å². The van der Waals surface area contributed by atoms with E-state index in [0.29, 0.717) is 0 Å². The quantitative estimate of drug-likeness (QED) is 0.153. The van der Waals surface area contributed by atoms with Crippen molar-refractivity contribution in [2.75, 3.05) is 0 Å². The van der Waals surface area contributed by atoms with Crippen LogP contribution in [0.2, 0.25) is 0 Å². The predicted octanol–water partition coefficient (Wildman–Crippen LogP) is 7.99. The number of hydrogen-bond donors (Lipinski definition) is 0. The van der Waals surface area contributed by atoms with Gasteiger partial charge in [-0.1, -0.05) is 35.4 Å². The number of halogens is 18.